The van der Waals surface area contributed by atoms with E-state index in [-0.39, 0.29) is 6.61 Å². The lowest BCUT2D eigenvalue weighted by atomic mass is 9.88. The van der Waals surface area contributed by atoms with Gasteiger partial charge in [-0.15, -0.1) is 11.3 Å². The molecule has 10 heteroatoms. The molecule has 33 heavy (non-hydrogen) atoms. The highest BCUT2D eigenvalue weighted by molar-refractivity contribution is 7.17. The molecule has 0 spiro atoms. The molecule has 2 amide bonds. The molecular weight excluding hydrogens is 446 g/mol. The second kappa shape index (κ2) is 10.9. The number of nitrogens with zero attached hydrogens (tertiary/aromatic N) is 1. The highest BCUT2D eigenvalue weighted by Crippen LogP contribution is 2.40. The Kier molecular flexibility index (Phi) is 7.94. The third-order valence-corrected chi connectivity index (χ3v) is 6.31. The summed E-state index contributed by atoms with van der Waals surface area (Å²) < 4.78 is 9.80. The number of hydrazone groups is 1. The molecule has 9 nitrogen and oxygen atoms in total. The summed E-state index contributed by atoms with van der Waals surface area (Å²) in [5.74, 6) is -2.41. The number of rotatable bonds is 6. The number of ether oxygens (including phenoxy) is 2. The van der Waals surface area contributed by atoms with E-state index in [1.165, 1.54) is 24.7 Å². The molecule has 2 aromatic rings. The maximum atomic E-state index is 12.5. The van der Waals surface area contributed by atoms with Crippen LogP contribution in [0.1, 0.15) is 57.0 Å². The number of carbonyl (C=O) groups excluding carboxylic acids is 4. The Morgan fingerprint density at radius 1 is 1.15 bits per heavy atom. The summed E-state index contributed by atoms with van der Waals surface area (Å²) in [6, 6.07) is 6.34. The molecular formula is C23H25N3O6S. The van der Waals surface area contributed by atoms with E-state index in [4.69, 9.17) is 4.74 Å². The topological polar surface area (TPSA) is 123 Å². The van der Waals surface area contributed by atoms with Crippen LogP contribution in [0.3, 0.4) is 0 Å². The van der Waals surface area contributed by atoms with Gasteiger partial charge in [-0.3, -0.25) is 9.59 Å². The number of benzene rings is 1. The number of methoxy groups -OCH3 is 1. The van der Waals surface area contributed by atoms with Crippen LogP contribution in [0.5, 0.6) is 0 Å². The van der Waals surface area contributed by atoms with Crippen molar-refractivity contribution in [3.8, 4) is 0 Å². The molecule has 0 bridgehead atoms. The summed E-state index contributed by atoms with van der Waals surface area (Å²) in [5, 5.41) is 6.62. The van der Waals surface area contributed by atoms with E-state index in [1.807, 2.05) is 0 Å². The lowest BCUT2D eigenvalue weighted by molar-refractivity contribution is -0.136. The average molecular weight is 472 g/mol. The first-order chi connectivity index (χ1) is 15.8. The molecule has 1 aliphatic carbocycles. The number of carbonyl (C=O) groups is 4. The molecule has 0 saturated carbocycles. The lowest BCUT2D eigenvalue weighted by Crippen LogP contribution is -2.32. The minimum Gasteiger partial charge on any atom is -0.465 e. The second-order valence-electron chi connectivity index (χ2n) is 7.54. The van der Waals surface area contributed by atoms with Crippen molar-refractivity contribution in [2.75, 3.05) is 19.0 Å². The van der Waals surface area contributed by atoms with Gasteiger partial charge in [-0.1, -0.05) is 19.1 Å². The van der Waals surface area contributed by atoms with Crippen molar-refractivity contribution >= 4 is 46.3 Å². The molecule has 1 heterocycles. The quantitative estimate of drug-likeness (QED) is 0.289. The highest BCUT2D eigenvalue weighted by Gasteiger charge is 2.30. The zero-order chi connectivity index (χ0) is 24.0. The first-order valence-corrected chi connectivity index (χ1v) is 11.3. The highest BCUT2D eigenvalue weighted by atomic mass is 32.1. The first kappa shape index (κ1) is 24.1. The molecule has 0 unspecified atom stereocenters. The Morgan fingerprint density at radius 3 is 2.55 bits per heavy atom. The van der Waals surface area contributed by atoms with Crippen molar-refractivity contribution in [3.63, 3.8) is 0 Å². The Hall–Kier alpha value is -3.53. The monoisotopic (exact) mass is 471 g/mol. The number of anilines is 1. The molecule has 1 aliphatic rings. The Morgan fingerprint density at radius 2 is 1.88 bits per heavy atom. The molecule has 174 valence electrons. The summed E-state index contributed by atoms with van der Waals surface area (Å²) in [7, 11) is 1.29. The van der Waals surface area contributed by atoms with E-state index in [2.05, 4.69) is 27.5 Å². The van der Waals surface area contributed by atoms with Gasteiger partial charge in [0.25, 0.3) is 0 Å². The van der Waals surface area contributed by atoms with E-state index in [1.54, 1.807) is 31.2 Å². The van der Waals surface area contributed by atoms with Crippen molar-refractivity contribution in [2.45, 2.75) is 33.1 Å². The van der Waals surface area contributed by atoms with Crippen LogP contribution in [-0.4, -0.2) is 43.7 Å². The van der Waals surface area contributed by atoms with Gasteiger partial charge in [0.15, 0.2) is 0 Å². The normalized spacial score (nSPS) is 14.9. The van der Waals surface area contributed by atoms with Gasteiger partial charge in [-0.2, -0.15) is 5.10 Å². The third-order valence-electron chi connectivity index (χ3n) is 5.14. The molecule has 0 aliphatic heterocycles. The number of hydrogen-bond acceptors (Lipinski definition) is 8. The minimum absolute atomic E-state index is 0.211. The molecule has 2 N–H and O–H groups in total. The minimum atomic E-state index is -0.980. The van der Waals surface area contributed by atoms with Gasteiger partial charge in [0, 0.05) is 4.88 Å². The van der Waals surface area contributed by atoms with Crippen molar-refractivity contribution in [1.82, 2.24) is 5.43 Å². The maximum Gasteiger partial charge on any atom is 0.341 e. The van der Waals surface area contributed by atoms with Gasteiger partial charge >= 0.3 is 23.8 Å². The Bertz CT molecular complexity index is 1090. The van der Waals surface area contributed by atoms with Crippen molar-refractivity contribution in [1.29, 1.82) is 0 Å². The van der Waals surface area contributed by atoms with E-state index in [9.17, 15) is 19.2 Å². The van der Waals surface area contributed by atoms with Crippen LogP contribution >= 0.6 is 11.3 Å². The van der Waals surface area contributed by atoms with Gasteiger partial charge < -0.3 is 14.8 Å². The molecule has 3 rings (SSSR count). The summed E-state index contributed by atoms with van der Waals surface area (Å²) in [6.07, 6.45) is 3.82. The van der Waals surface area contributed by atoms with Gasteiger partial charge in [0.2, 0.25) is 0 Å². The SMILES string of the molecule is CCOC(=O)c1c(NC(=O)C(=O)N/N=C\c2ccc(C(=O)OC)cc2)sc2c1CC[C@H](C)C2. The van der Waals surface area contributed by atoms with Crippen molar-refractivity contribution in [3.05, 3.63) is 51.4 Å². The van der Waals surface area contributed by atoms with Gasteiger partial charge in [0.1, 0.15) is 5.00 Å². The standard InChI is InChI=1S/C23H25N3O6S/c1-4-32-23(30)18-16-10-5-13(2)11-17(16)33-21(18)25-19(27)20(28)26-24-12-14-6-8-15(9-7-14)22(29)31-3/h6-9,12-13H,4-5,10-11H2,1-3H3,(H,25,27)(H,26,28)/b24-12-/t13-/m0/s1. The summed E-state index contributed by atoms with van der Waals surface area (Å²) in [5.41, 5.74) is 4.36. The van der Waals surface area contributed by atoms with E-state index in [0.717, 1.165) is 29.7 Å². The van der Waals surface area contributed by atoms with E-state index < -0.39 is 23.8 Å². The number of hydrogen-bond donors (Lipinski definition) is 2. The number of fused-ring (bicyclic) bond motifs is 1. The van der Waals surface area contributed by atoms with Crippen LogP contribution < -0.4 is 10.7 Å². The summed E-state index contributed by atoms with van der Waals surface area (Å²) in [6.45, 7) is 4.06. The Labute approximate surface area is 195 Å². The molecule has 0 saturated heterocycles. The van der Waals surface area contributed by atoms with Crippen LogP contribution in [-0.2, 0) is 31.9 Å². The maximum absolute atomic E-state index is 12.5. The predicted octanol–water partition coefficient (Wildman–Crippen LogP) is 2.93. The predicted molar refractivity (Wildman–Crippen MR) is 124 cm³/mol. The van der Waals surface area contributed by atoms with Crippen LogP contribution in [0.4, 0.5) is 5.00 Å². The molecule has 0 radical (unpaired) electrons. The fraction of sp³-hybridized carbons (Fsp3) is 0.348. The van der Waals surface area contributed by atoms with E-state index in [0.29, 0.717) is 27.6 Å². The fourth-order valence-corrected chi connectivity index (χ4v) is 4.85. The zero-order valence-corrected chi connectivity index (χ0v) is 19.4. The Balaban J connectivity index is 1.67. The average Bonchev–Trinajstić information content (AvgIpc) is 3.15. The molecule has 0 fully saturated rings. The molecule has 1 atom stereocenters. The van der Waals surface area contributed by atoms with Crippen LogP contribution in [0.25, 0.3) is 0 Å². The van der Waals surface area contributed by atoms with Gasteiger partial charge in [0.05, 0.1) is 31.1 Å². The summed E-state index contributed by atoms with van der Waals surface area (Å²) in [4.78, 5) is 49.6. The van der Waals surface area contributed by atoms with Crippen molar-refractivity contribution in [2.24, 2.45) is 11.0 Å². The summed E-state index contributed by atoms with van der Waals surface area (Å²) >= 11 is 1.30. The number of amides is 2. The van der Waals surface area contributed by atoms with Crippen LogP contribution in [0.2, 0.25) is 0 Å². The van der Waals surface area contributed by atoms with Crippen LogP contribution in [0.15, 0.2) is 29.4 Å². The first-order valence-electron chi connectivity index (χ1n) is 10.5. The van der Waals surface area contributed by atoms with E-state index >= 15 is 0 Å². The van der Waals surface area contributed by atoms with Crippen molar-refractivity contribution < 1.29 is 28.7 Å². The zero-order valence-electron chi connectivity index (χ0n) is 18.6. The van der Waals surface area contributed by atoms with Crippen LogP contribution in [0, 0.1) is 5.92 Å². The van der Waals surface area contributed by atoms with Gasteiger partial charge in [-0.05, 0) is 55.4 Å². The fourth-order valence-electron chi connectivity index (χ4n) is 3.46. The largest absolute Gasteiger partial charge is 0.465 e. The lowest BCUT2D eigenvalue weighted by Gasteiger charge is -2.18. The smallest absolute Gasteiger partial charge is 0.341 e. The number of nitrogens with one attached hydrogen (secondary N) is 2. The number of thiophene rings is 1. The molecule has 1 aromatic carbocycles. The number of esters is 2. The molecule has 1 aromatic heterocycles. The van der Waals surface area contributed by atoms with Gasteiger partial charge in [-0.25, -0.2) is 15.0 Å². The second-order valence-corrected chi connectivity index (χ2v) is 8.65. The third kappa shape index (κ3) is 5.83.